The van der Waals surface area contributed by atoms with E-state index in [1.54, 1.807) is 0 Å². The summed E-state index contributed by atoms with van der Waals surface area (Å²) in [7, 11) is 0. The molecule has 0 aromatic rings. The first-order valence-corrected chi connectivity index (χ1v) is 6.98. The summed E-state index contributed by atoms with van der Waals surface area (Å²) < 4.78 is 11.0. The molecule has 2 fully saturated rings. The van der Waals surface area contributed by atoms with Crippen LogP contribution >= 0.6 is 0 Å². The van der Waals surface area contributed by atoms with Gasteiger partial charge in [0.25, 0.3) is 0 Å². The highest BCUT2D eigenvalue weighted by molar-refractivity contribution is 5.77. The zero-order valence-corrected chi connectivity index (χ0v) is 11.1. The Morgan fingerprint density at radius 1 is 1.39 bits per heavy atom. The van der Waals surface area contributed by atoms with E-state index in [2.05, 4.69) is 17.6 Å². The monoisotopic (exact) mass is 256 g/mol. The second-order valence-electron chi connectivity index (χ2n) is 5.19. The molecule has 2 heterocycles. The molecule has 2 atom stereocenters. The average Bonchev–Trinajstić information content (AvgIpc) is 2.39. The van der Waals surface area contributed by atoms with Crippen LogP contribution in [0.3, 0.4) is 0 Å². The van der Waals surface area contributed by atoms with Gasteiger partial charge in [-0.2, -0.15) is 0 Å². The maximum Gasteiger partial charge on any atom is 0.246 e. The second kappa shape index (κ2) is 7.07. The maximum absolute atomic E-state index is 11.8. The highest BCUT2D eigenvalue weighted by Crippen LogP contribution is 2.12. The van der Waals surface area contributed by atoms with Gasteiger partial charge in [-0.05, 0) is 39.2 Å². The minimum absolute atomic E-state index is 0.000302. The molecule has 5 nitrogen and oxygen atoms in total. The Hall–Kier alpha value is -0.650. The maximum atomic E-state index is 11.8. The first-order chi connectivity index (χ1) is 8.75. The number of carbonyl (C=O) groups excluding carboxylic acids is 1. The Bertz CT molecular complexity index is 267. The van der Waals surface area contributed by atoms with Crippen LogP contribution in [0.25, 0.3) is 0 Å². The van der Waals surface area contributed by atoms with Gasteiger partial charge in [0.15, 0.2) is 0 Å². The van der Waals surface area contributed by atoms with Crippen LogP contribution in [0.2, 0.25) is 0 Å². The Labute approximate surface area is 109 Å². The van der Waals surface area contributed by atoms with Crippen LogP contribution in [-0.4, -0.2) is 50.5 Å². The number of amides is 1. The quantitative estimate of drug-likeness (QED) is 0.766. The van der Waals surface area contributed by atoms with Crippen molar-refractivity contribution < 1.29 is 14.3 Å². The van der Waals surface area contributed by atoms with Gasteiger partial charge in [0.2, 0.25) is 5.91 Å². The zero-order valence-electron chi connectivity index (χ0n) is 11.1. The molecule has 0 aromatic heterocycles. The molecule has 2 N–H and O–H groups in total. The normalized spacial score (nSPS) is 30.1. The van der Waals surface area contributed by atoms with Crippen molar-refractivity contribution in [1.29, 1.82) is 0 Å². The molecule has 0 spiro atoms. The van der Waals surface area contributed by atoms with E-state index < -0.39 is 0 Å². The third-order valence-corrected chi connectivity index (χ3v) is 3.70. The van der Waals surface area contributed by atoms with Gasteiger partial charge in [-0.15, -0.1) is 0 Å². The largest absolute Gasteiger partial charge is 0.381 e. The molecular formula is C13H24N2O3. The van der Waals surface area contributed by atoms with Crippen molar-refractivity contribution in [2.45, 2.75) is 50.8 Å². The fourth-order valence-corrected chi connectivity index (χ4v) is 2.54. The average molecular weight is 256 g/mol. The molecule has 0 saturated carbocycles. The van der Waals surface area contributed by atoms with E-state index in [4.69, 9.17) is 9.47 Å². The number of nitrogens with one attached hydrogen (secondary N) is 2. The Morgan fingerprint density at radius 2 is 2.17 bits per heavy atom. The number of hydrogen-bond acceptors (Lipinski definition) is 4. The highest BCUT2D eigenvalue weighted by atomic mass is 16.5. The van der Waals surface area contributed by atoms with Gasteiger partial charge >= 0.3 is 0 Å². The third-order valence-electron chi connectivity index (χ3n) is 3.70. The number of carbonyl (C=O) groups is 1. The van der Waals surface area contributed by atoms with E-state index in [-0.39, 0.29) is 24.7 Å². The minimum atomic E-state index is -0.000302. The van der Waals surface area contributed by atoms with Crippen LogP contribution in [0.1, 0.15) is 32.6 Å². The van der Waals surface area contributed by atoms with Crippen LogP contribution < -0.4 is 10.6 Å². The summed E-state index contributed by atoms with van der Waals surface area (Å²) in [5.74, 6) is -0.000302. The van der Waals surface area contributed by atoms with Crippen molar-refractivity contribution in [2.75, 3.05) is 26.4 Å². The molecule has 0 aliphatic carbocycles. The summed E-state index contributed by atoms with van der Waals surface area (Å²) in [5.41, 5.74) is 0. The summed E-state index contributed by atoms with van der Waals surface area (Å²) in [6, 6.07) is 0.603. The van der Waals surface area contributed by atoms with Crippen LogP contribution in [0.5, 0.6) is 0 Å². The van der Waals surface area contributed by atoms with Crippen LogP contribution in [-0.2, 0) is 14.3 Å². The van der Waals surface area contributed by atoms with Crippen LogP contribution in [0.15, 0.2) is 0 Å². The molecular weight excluding hydrogens is 232 g/mol. The summed E-state index contributed by atoms with van der Waals surface area (Å²) in [6.07, 6.45) is 4.15. The predicted molar refractivity (Wildman–Crippen MR) is 68.4 cm³/mol. The summed E-state index contributed by atoms with van der Waals surface area (Å²) in [4.78, 5) is 11.8. The van der Waals surface area contributed by atoms with Gasteiger partial charge in [-0.25, -0.2) is 0 Å². The van der Waals surface area contributed by atoms with Gasteiger partial charge < -0.3 is 20.1 Å². The van der Waals surface area contributed by atoms with Crippen molar-refractivity contribution in [3.63, 3.8) is 0 Å². The smallest absolute Gasteiger partial charge is 0.246 e. The molecule has 2 rings (SSSR count). The van der Waals surface area contributed by atoms with E-state index in [0.717, 1.165) is 45.4 Å². The molecule has 0 bridgehead atoms. The van der Waals surface area contributed by atoms with Crippen LogP contribution in [0.4, 0.5) is 0 Å². The molecule has 2 unspecified atom stereocenters. The molecule has 18 heavy (non-hydrogen) atoms. The van der Waals surface area contributed by atoms with Gasteiger partial charge in [0, 0.05) is 25.3 Å². The predicted octanol–water partition coefficient (Wildman–Crippen LogP) is 0.439. The van der Waals surface area contributed by atoms with Crippen molar-refractivity contribution >= 4 is 5.91 Å². The van der Waals surface area contributed by atoms with Crippen LogP contribution in [0, 0.1) is 0 Å². The van der Waals surface area contributed by atoms with Crippen molar-refractivity contribution in [3.05, 3.63) is 0 Å². The fourth-order valence-electron chi connectivity index (χ4n) is 2.54. The van der Waals surface area contributed by atoms with Crippen molar-refractivity contribution in [1.82, 2.24) is 10.6 Å². The fraction of sp³-hybridized carbons (Fsp3) is 0.923. The summed E-state index contributed by atoms with van der Waals surface area (Å²) in [6.45, 7) is 4.83. The van der Waals surface area contributed by atoms with E-state index >= 15 is 0 Å². The zero-order chi connectivity index (χ0) is 12.8. The van der Waals surface area contributed by atoms with Crippen molar-refractivity contribution in [3.8, 4) is 0 Å². The van der Waals surface area contributed by atoms with E-state index in [9.17, 15) is 4.79 Å². The number of piperidine rings is 1. The highest BCUT2D eigenvalue weighted by Gasteiger charge is 2.23. The lowest BCUT2D eigenvalue weighted by molar-refractivity contribution is -0.130. The molecule has 0 aromatic carbocycles. The van der Waals surface area contributed by atoms with Gasteiger partial charge in [0.1, 0.15) is 6.61 Å². The Morgan fingerprint density at radius 3 is 2.89 bits per heavy atom. The molecule has 5 heteroatoms. The summed E-state index contributed by atoms with van der Waals surface area (Å²) >= 11 is 0. The van der Waals surface area contributed by atoms with E-state index in [1.165, 1.54) is 0 Å². The van der Waals surface area contributed by atoms with Gasteiger partial charge in [-0.3, -0.25) is 4.79 Å². The minimum Gasteiger partial charge on any atom is -0.381 e. The molecule has 104 valence electrons. The lowest BCUT2D eigenvalue weighted by Gasteiger charge is -2.30. The second-order valence-corrected chi connectivity index (χ2v) is 5.19. The SMILES string of the molecule is CC1NCCCC1OCC(=O)NC1CCOCC1. The molecule has 2 saturated heterocycles. The Kier molecular flexibility index (Phi) is 5.41. The van der Waals surface area contributed by atoms with Crippen molar-refractivity contribution in [2.24, 2.45) is 0 Å². The number of hydrogen-bond donors (Lipinski definition) is 2. The number of rotatable bonds is 4. The van der Waals surface area contributed by atoms with Gasteiger partial charge in [-0.1, -0.05) is 0 Å². The topological polar surface area (TPSA) is 59.6 Å². The van der Waals surface area contributed by atoms with E-state index in [1.807, 2.05) is 0 Å². The molecule has 2 aliphatic heterocycles. The summed E-state index contributed by atoms with van der Waals surface area (Å²) in [5, 5.41) is 6.37. The third kappa shape index (κ3) is 4.23. The lowest BCUT2D eigenvalue weighted by Crippen LogP contribution is -2.46. The number of ether oxygens (including phenoxy) is 2. The van der Waals surface area contributed by atoms with Gasteiger partial charge in [0.05, 0.1) is 6.10 Å². The molecule has 1 amide bonds. The van der Waals surface area contributed by atoms with E-state index in [0.29, 0.717) is 6.04 Å². The Balaban J connectivity index is 1.64. The standard InChI is InChI=1S/C13H24N2O3/c1-10-12(3-2-6-14-10)18-9-13(16)15-11-4-7-17-8-5-11/h10-12,14H,2-9H2,1H3,(H,15,16). The molecule has 0 radical (unpaired) electrons. The first kappa shape index (κ1) is 13.8. The first-order valence-electron chi connectivity index (χ1n) is 6.98. The molecule has 2 aliphatic rings. The lowest BCUT2D eigenvalue weighted by atomic mass is 10.0.